The summed E-state index contributed by atoms with van der Waals surface area (Å²) in [6.07, 6.45) is -0.248. The van der Waals surface area contributed by atoms with E-state index in [1.54, 1.807) is 4.90 Å². The first-order chi connectivity index (χ1) is 7.29. The third kappa shape index (κ3) is 1.99. The minimum absolute atomic E-state index is 0.207. The first-order valence-electron chi connectivity index (χ1n) is 5.61. The van der Waals surface area contributed by atoms with E-state index in [0.29, 0.717) is 24.9 Å². The Morgan fingerprint density at radius 1 is 1.38 bits per heavy atom. The summed E-state index contributed by atoms with van der Waals surface area (Å²) < 4.78 is 5.29. The van der Waals surface area contributed by atoms with Crippen LogP contribution < -0.4 is 5.73 Å². The van der Waals surface area contributed by atoms with E-state index in [9.17, 15) is 4.79 Å². The number of amidine groups is 1. The van der Waals surface area contributed by atoms with Crippen LogP contribution >= 0.6 is 0 Å². The van der Waals surface area contributed by atoms with Crippen molar-refractivity contribution >= 4 is 11.9 Å². The van der Waals surface area contributed by atoms with Crippen molar-refractivity contribution in [3.8, 4) is 0 Å². The first kappa shape index (κ1) is 11.2. The lowest BCUT2D eigenvalue weighted by molar-refractivity contribution is 0.0270. The average Bonchev–Trinajstić information content (AvgIpc) is 2.60. The topological polar surface area (TPSA) is 79.4 Å². The third-order valence-corrected chi connectivity index (χ3v) is 3.20. The molecule has 0 aromatic rings. The molecular formula is C11H19N3O2. The number of nitrogens with two attached hydrogens (primary N) is 1. The Morgan fingerprint density at radius 2 is 1.88 bits per heavy atom. The number of fused-ring (bicyclic) bond motifs is 1. The second-order valence-electron chi connectivity index (χ2n) is 5.69. The molecule has 1 saturated heterocycles. The van der Waals surface area contributed by atoms with Gasteiger partial charge in [-0.1, -0.05) is 0 Å². The van der Waals surface area contributed by atoms with Crippen molar-refractivity contribution < 1.29 is 9.53 Å². The van der Waals surface area contributed by atoms with Crippen molar-refractivity contribution in [3.05, 3.63) is 0 Å². The molecule has 0 radical (unpaired) electrons. The summed E-state index contributed by atoms with van der Waals surface area (Å²) in [5.74, 6) is 1.26. The maximum Gasteiger partial charge on any atom is 0.410 e. The van der Waals surface area contributed by atoms with E-state index >= 15 is 0 Å². The molecule has 2 aliphatic rings. The maximum absolute atomic E-state index is 11.7. The lowest BCUT2D eigenvalue weighted by Crippen LogP contribution is -2.38. The van der Waals surface area contributed by atoms with E-state index < -0.39 is 5.60 Å². The molecule has 2 fully saturated rings. The molecule has 0 bridgehead atoms. The zero-order chi connectivity index (χ0) is 12.1. The molecule has 2 rings (SSSR count). The molecule has 0 unspecified atom stereocenters. The van der Waals surface area contributed by atoms with Gasteiger partial charge in [0, 0.05) is 19.0 Å². The molecule has 1 saturated carbocycles. The second-order valence-corrected chi connectivity index (χ2v) is 5.69. The Morgan fingerprint density at radius 3 is 2.25 bits per heavy atom. The molecule has 0 aromatic carbocycles. The Kier molecular flexibility index (Phi) is 2.36. The summed E-state index contributed by atoms with van der Waals surface area (Å²) in [6.45, 7) is 6.95. The minimum atomic E-state index is -0.441. The van der Waals surface area contributed by atoms with Crippen molar-refractivity contribution in [1.29, 1.82) is 5.41 Å². The Labute approximate surface area is 95.4 Å². The zero-order valence-corrected chi connectivity index (χ0v) is 9.99. The number of amides is 1. The van der Waals surface area contributed by atoms with E-state index in [1.807, 2.05) is 20.8 Å². The summed E-state index contributed by atoms with van der Waals surface area (Å²) in [5.41, 5.74) is 5.02. The number of ether oxygens (including phenoxy) is 1. The Balaban J connectivity index is 1.85. The van der Waals surface area contributed by atoms with E-state index in [1.165, 1.54) is 0 Å². The Hall–Kier alpha value is -1.26. The van der Waals surface area contributed by atoms with Gasteiger partial charge in [-0.15, -0.1) is 0 Å². The summed E-state index contributed by atoms with van der Waals surface area (Å²) in [4.78, 5) is 13.4. The fourth-order valence-corrected chi connectivity index (χ4v) is 2.46. The number of hydrogen-bond donors (Lipinski definition) is 2. The Bertz CT molecular complexity index is 323. The van der Waals surface area contributed by atoms with Crippen molar-refractivity contribution in [2.24, 2.45) is 23.5 Å². The lowest BCUT2D eigenvalue weighted by Gasteiger charge is -2.25. The number of likely N-dealkylation sites (tertiary alicyclic amines) is 1. The molecule has 5 nitrogen and oxygen atoms in total. The highest BCUT2D eigenvalue weighted by Gasteiger charge is 2.58. The van der Waals surface area contributed by atoms with Crippen LogP contribution in [0.5, 0.6) is 0 Å². The number of nitrogens with one attached hydrogen (secondary N) is 1. The largest absolute Gasteiger partial charge is 0.444 e. The van der Waals surface area contributed by atoms with Crippen molar-refractivity contribution in [3.63, 3.8) is 0 Å². The van der Waals surface area contributed by atoms with E-state index in [0.717, 1.165) is 0 Å². The molecule has 1 amide bonds. The molecule has 1 aliphatic heterocycles. The highest BCUT2D eigenvalue weighted by atomic mass is 16.6. The number of hydrogen-bond acceptors (Lipinski definition) is 3. The van der Waals surface area contributed by atoms with Gasteiger partial charge in [0.05, 0.1) is 5.84 Å². The second kappa shape index (κ2) is 3.37. The molecule has 1 heterocycles. The minimum Gasteiger partial charge on any atom is -0.444 e. The van der Waals surface area contributed by atoms with Gasteiger partial charge in [-0.3, -0.25) is 5.41 Å². The number of rotatable bonds is 1. The van der Waals surface area contributed by atoms with Crippen LogP contribution in [-0.4, -0.2) is 35.5 Å². The van der Waals surface area contributed by atoms with Crippen LogP contribution in [0.25, 0.3) is 0 Å². The van der Waals surface area contributed by atoms with Gasteiger partial charge in [0.2, 0.25) is 0 Å². The van der Waals surface area contributed by atoms with Gasteiger partial charge < -0.3 is 15.4 Å². The van der Waals surface area contributed by atoms with Crippen molar-refractivity contribution in [2.45, 2.75) is 26.4 Å². The van der Waals surface area contributed by atoms with Crippen molar-refractivity contribution in [2.75, 3.05) is 13.1 Å². The molecule has 3 atom stereocenters. The van der Waals surface area contributed by atoms with Crippen LogP contribution in [0, 0.1) is 23.2 Å². The van der Waals surface area contributed by atoms with Crippen LogP contribution in [-0.2, 0) is 4.74 Å². The average molecular weight is 225 g/mol. The molecule has 1 aliphatic carbocycles. The van der Waals surface area contributed by atoms with E-state index in [4.69, 9.17) is 15.9 Å². The molecule has 5 heteroatoms. The van der Waals surface area contributed by atoms with Crippen LogP contribution in [0.4, 0.5) is 4.79 Å². The summed E-state index contributed by atoms with van der Waals surface area (Å²) in [6, 6.07) is 0. The fourth-order valence-electron chi connectivity index (χ4n) is 2.46. The third-order valence-electron chi connectivity index (χ3n) is 3.20. The van der Waals surface area contributed by atoms with Gasteiger partial charge in [-0.05, 0) is 32.6 Å². The van der Waals surface area contributed by atoms with Crippen LogP contribution in [0.3, 0.4) is 0 Å². The molecule has 0 aromatic heterocycles. The van der Waals surface area contributed by atoms with E-state index in [2.05, 4.69) is 0 Å². The van der Waals surface area contributed by atoms with E-state index in [-0.39, 0.29) is 17.8 Å². The number of nitrogens with zero attached hydrogens (tertiary/aromatic N) is 1. The van der Waals surface area contributed by atoms with Gasteiger partial charge in [-0.2, -0.15) is 0 Å². The predicted octanol–water partition coefficient (Wildman–Crippen LogP) is 1.04. The van der Waals surface area contributed by atoms with Crippen LogP contribution in [0.2, 0.25) is 0 Å². The SMILES string of the molecule is CC(C)(C)OC(=O)N1C[C@@H]2[C@H](C1)[C@H]2C(=N)N. The van der Waals surface area contributed by atoms with Gasteiger partial charge in [-0.25, -0.2) is 4.79 Å². The highest BCUT2D eigenvalue weighted by molar-refractivity contribution is 5.84. The fraction of sp³-hybridized carbons (Fsp3) is 0.818. The molecule has 3 N–H and O–H groups in total. The first-order valence-corrected chi connectivity index (χ1v) is 5.61. The number of carbonyl (C=O) groups is 1. The van der Waals surface area contributed by atoms with Crippen LogP contribution in [0.1, 0.15) is 20.8 Å². The van der Waals surface area contributed by atoms with Crippen LogP contribution in [0.15, 0.2) is 0 Å². The van der Waals surface area contributed by atoms with Gasteiger partial charge in [0.1, 0.15) is 5.60 Å². The zero-order valence-electron chi connectivity index (χ0n) is 9.99. The standard InChI is InChI=1S/C11H19N3O2/c1-11(2,3)16-10(15)14-4-6-7(5-14)8(6)9(12)13/h6-8H,4-5H2,1-3H3,(H3,12,13)/t6-,7+,8+. The summed E-state index contributed by atoms with van der Waals surface area (Å²) in [5, 5.41) is 7.37. The molecule has 16 heavy (non-hydrogen) atoms. The van der Waals surface area contributed by atoms with Crippen molar-refractivity contribution in [1.82, 2.24) is 4.90 Å². The van der Waals surface area contributed by atoms with Gasteiger partial charge in [0.15, 0.2) is 0 Å². The smallest absolute Gasteiger partial charge is 0.410 e. The summed E-state index contributed by atoms with van der Waals surface area (Å²) >= 11 is 0. The van der Waals surface area contributed by atoms with Gasteiger partial charge >= 0.3 is 6.09 Å². The monoisotopic (exact) mass is 225 g/mol. The molecular weight excluding hydrogens is 206 g/mol. The predicted molar refractivity (Wildman–Crippen MR) is 60.2 cm³/mol. The van der Waals surface area contributed by atoms with Gasteiger partial charge in [0.25, 0.3) is 0 Å². The quantitative estimate of drug-likeness (QED) is 0.517. The molecule has 90 valence electrons. The number of carbonyl (C=O) groups excluding carboxylic acids is 1. The highest BCUT2D eigenvalue weighted by Crippen LogP contribution is 2.51. The normalized spacial score (nSPS) is 32.2. The lowest BCUT2D eigenvalue weighted by atomic mass is 10.2. The summed E-state index contributed by atoms with van der Waals surface area (Å²) in [7, 11) is 0. The number of piperidine rings is 1. The molecule has 0 spiro atoms. The maximum atomic E-state index is 11.7.